The van der Waals surface area contributed by atoms with E-state index in [1.54, 1.807) is 43.3 Å². The molecule has 0 unspecified atom stereocenters. The predicted molar refractivity (Wildman–Crippen MR) is 106 cm³/mol. The van der Waals surface area contributed by atoms with Gasteiger partial charge in [0.2, 0.25) is 5.75 Å². The number of nitro benzene ring substituents is 1. The van der Waals surface area contributed by atoms with Gasteiger partial charge >= 0.3 is 5.69 Å². The van der Waals surface area contributed by atoms with Crippen LogP contribution in [0.2, 0.25) is 0 Å². The van der Waals surface area contributed by atoms with E-state index < -0.39 is 14.9 Å². The smallest absolute Gasteiger partial charge is 0.311 e. The number of ether oxygens (including phenoxy) is 1. The Balaban J connectivity index is 1.87. The van der Waals surface area contributed by atoms with Crippen molar-refractivity contribution in [3.05, 3.63) is 89.0 Å². The van der Waals surface area contributed by atoms with Crippen molar-refractivity contribution in [3.63, 3.8) is 0 Å². The first-order valence-corrected chi connectivity index (χ1v) is 9.96. The van der Waals surface area contributed by atoms with E-state index in [9.17, 15) is 18.5 Å². The Hall–Kier alpha value is -3.39. The molecule has 0 radical (unpaired) electrons. The minimum absolute atomic E-state index is 0.0857. The molecule has 0 spiro atoms. The van der Waals surface area contributed by atoms with Crippen molar-refractivity contribution in [1.29, 1.82) is 0 Å². The maximum Gasteiger partial charge on any atom is 0.311 e. The molecule has 0 N–H and O–H groups in total. The van der Waals surface area contributed by atoms with Crippen LogP contribution in [0.3, 0.4) is 0 Å². The third-order valence-corrected chi connectivity index (χ3v) is 5.95. The number of sulfonamides is 1. The van der Waals surface area contributed by atoms with Crippen LogP contribution in [0.15, 0.2) is 83.8 Å². The number of para-hydroxylation sites is 3. The zero-order valence-electron chi connectivity index (χ0n) is 15.1. The molecule has 0 aliphatic rings. The first-order chi connectivity index (χ1) is 13.4. The third kappa shape index (κ3) is 3.96. The summed E-state index contributed by atoms with van der Waals surface area (Å²) >= 11 is 0. The lowest BCUT2D eigenvalue weighted by molar-refractivity contribution is -0.385. The molecule has 0 bridgehead atoms. The van der Waals surface area contributed by atoms with Gasteiger partial charge in [0.15, 0.2) is 0 Å². The summed E-state index contributed by atoms with van der Waals surface area (Å²) in [6.45, 7) is 2.04. The van der Waals surface area contributed by atoms with Crippen LogP contribution in [-0.4, -0.2) is 19.9 Å². The standard InChI is InChI=1S/C20H18N2O5S/c1-2-21(16-8-4-3-5-9-16)28(25,26)18-14-12-17(13-15-18)27-20-11-7-6-10-19(20)22(23)24/h3-15H,2H2,1H3. The maximum atomic E-state index is 13.0. The molecule has 0 aromatic heterocycles. The summed E-state index contributed by atoms with van der Waals surface area (Å²) < 4.78 is 32.8. The number of benzene rings is 3. The van der Waals surface area contributed by atoms with E-state index in [1.807, 2.05) is 6.07 Å². The average Bonchev–Trinajstić information content (AvgIpc) is 2.70. The second-order valence-corrected chi connectivity index (χ2v) is 7.67. The molecule has 0 atom stereocenters. The molecular formula is C20H18N2O5S. The van der Waals surface area contributed by atoms with Gasteiger partial charge in [0.25, 0.3) is 10.0 Å². The Labute approximate surface area is 163 Å². The molecule has 144 valence electrons. The van der Waals surface area contributed by atoms with Crippen LogP contribution < -0.4 is 9.04 Å². The molecule has 0 fully saturated rings. The highest BCUT2D eigenvalue weighted by molar-refractivity contribution is 7.92. The molecule has 0 aliphatic carbocycles. The van der Waals surface area contributed by atoms with E-state index in [0.29, 0.717) is 11.4 Å². The molecule has 0 heterocycles. The Morgan fingerprint density at radius 2 is 1.54 bits per heavy atom. The SMILES string of the molecule is CCN(c1ccccc1)S(=O)(=O)c1ccc(Oc2ccccc2[N+](=O)[O-])cc1. The van der Waals surface area contributed by atoms with Gasteiger partial charge < -0.3 is 4.74 Å². The monoisotopic (exact) mass is 398 g/mol. The fraction of sp³-hybridized carbons (Fsp3) is 0.100. The minimum Gasteiger partial charge on any atom is -0.450 e. The van der Waals surface area contributed by atoms with E-state index in [2.05, 4.69) is 0 Å². The first kappa shape index (κ1) is 19.4. The lowest BCUT2D eigenvalue weighted by Crippen LogP contribution is -2.30. The van der Waals surface area contributed by atoms with Crippen molar-refractivity contribution in [2.45, 2.75) is 11.8 Å². The van der Waals surface area contributed by atoms with Crippen LogP contribution in [0, 0.1) is 10.1 Å². The lowest BCUT2D eigenvalue weighted by Gasteiger charge is -2.23. The van der Waals surface area contributed by atoms with Crippen LogP contribution in [0.4, 0.5) is 11.4 Å². The van der Waals surface area contributed by atoms with Crippen molar-refractivity contribution >= 4 is 21.4 Å². The highest BCUT2D eigenvalue weighted by Crippen LogP contribution is 2.32. The molecule has 0 saturated heterocycles. The van der Waals surface area contributed by atoms with E-state index in [0.717, 1.165) is 0 Å². The summed E-state index contributed by atoms with van der Waals surface area (Å²) in [5.74, 6) is 0.388. The number of nitro groups is 1. The quantitative estimate of drug-likeness (QED) is 0.428. The van der Waals surface area contributed by atoms with Gasteiger partial charge in [0.1, 0.15) is 5.75 Å². The Kier molecular flexibility index (Phi) is 5.60. The first-order valence-electron chi connectivity index (χ1n) is 8.52. The number of hydrogen-bond donors (Lipinski definition) is 0. The highest BCUT2D eigenvalue weighted by atomic mass is 32.2. The van der Waals surface area contributed by atoms with Crippen LogP contribution in [0.25, 0.3) is 0 Å². The van der Waals surface area contributed by atoms with Crippen molar-refractivity contribution in [2.75, 3.05) is 10.8 Å². The van der Waals surface area contributed by atoms with Gasteiger partial charge in [0, 0.05) is 12.6 Å². The second kappa shape index (κ2) is 8.10. The average molecular weight is 398 g/mol. The van der Waals surface area contributed by atoms with Crippen molar-refractivity contribution < 1.29 is 18.1 Å². The number of rotatable bonds is 7. The van der Waals surface area contributed by atoms with Crippen molar-refractivity contribution in [2.24, 2.45) is 0 Å². The fourth-order valence-corrected chi connectivity index (χ4v) is 4.19. The Morgan fingerprint density at radius 1 is 0.929 bits per heavy atom. The third-order valence-electron chi connectivity index (χ3n) is 4.03. The van der Waals surface area contributed by atoms with Gasteiger partial charge in [-0.25, -0.2) is 8.42 Å². The highest BCUT2D eigenvalue weighted by Gasteiger charge is 2.23. The summed E-state index contributed by atoms with van der Waals surface area (Å²) in [4.78, 5) is 10.7. The van der Waals surface area contributed by atoms with Crippen LogP contribution in [0.1, 0.15) is 6.92 Å². The van der Waals surface area contributed by atoms with E-state index in [-0.39, 0.29) is 22.9 Å². The topological polar surface area (TPSA) is 89.8 Å². The summed E-state index contributed by atoms with van der Waals surface area (Å²) in [7, 11) is -3.75. The Bertz CT molecular complexity index is 1070. The van der Waals surface area contributed by atoms with E-state index in [4.69, 9.17) is 4.74 Å². The van der Waals surface area contributed by atoms with Gasteiger partial charge in [0.05, 0.1) is 15.5 Å². The number of nitrogens with zero attached hydrogens (tertiary/aromatic N) is 2. The predicted octanol–water partition coefficient (Wildman–Crippen LogP) is 4.60. The lowest BCUT2D eigenvalue weighted by atomic mass is 10.3. The van der Waals surface area contributed by atoms with Gasteiger partial charge in [-0.1, -0.05) is 30.3 Å². The molecule has 0 amide bonds. The zero-order valence-corrected chi connectivity index (χ0v) is 15.9. The summed E-state index contributed by atoms with van der Waals surface area (Å²) in [5.41, 5.74) is 0.408. The van der Waals surface area contributed by atoms with E-state index >= 15 is 0 Å². The summed E-state index contributed by atoms with van der Waals surface area (Å²) in [6.07, 6.45) is 0. The van der Waals surface area contributed by atoms with Gasteiger partial charge in [-0.15, -0.1) is 0 Å². The molecule has 3 rings (SSSR count). The van der Waals surface area contributed by atoms with Gasteiger partial charge in [-0.3, -0.25) is 14.4 Å². The molecule has 28 heavy (non-hydrogen) atoms. The largest absolute Gasteiger partial charge is 0.450 e. The van der Waals surface area contributed by atoms with Crippen LogP contribution in [0.5, 0.6) is 11.5 Å². The zero-order chi connectivity index (χ0) is 20.1. The number of hydrogen-bond acceptors (Lipinski definition) is 5. The molecular weight excluding hydrogens is 380 g/mol. The normalized spacial score (nSPS) is 11.0. The summed E-state index contributed by atoms with van der Waals surface area (Å²) in [6, 6.07) is 20.6. The van der Waals surface area contributed by atoms with Gasteiger partial charge in [-0.2, -0.15) is 0 Å². The van der Waals surface area contributed by atoms with Crippen molar-refractivity contribution in [3.8, 4) is 11.5 Å². The van der Waals surface area contributed by atoms with Crippen molar-refractivity contribution in [1.82, 2.24) is 0 Å². The Morgan fingerprint density at radius 3 is 2.14 bits per heavy atom. The maximum absolute atomic E-state index is 13.0. The molecule has 3 aromatic carbocycles. The van der Waals surface area contributed by atoms with Crippen LogP contribution in [-0.2, 0) is 10.0 Å². The van der Waals surface area contributed by atoms with Crippen LogP contribution >= 0.6 is 0 Å². The summed E-state index contributed by atoms with van der Waals surface area (Å²) in [5, 5.41) is 11.1. The molecule has 0 aliphatic heterocycles. The minimum atomic E-state index is -3.75. The molecule has 8 heteroatoms. The molecule has 0 saturated carbocycles. The second-order valence-electron chi connectivity index (χ2n) is 5.80. The molecule has 7 nitrogen and oxygen atoms in total. The molecule has 3 aromatic rings. The fourth-order valence-electron chi connectivity index (χ4n) is 2.71. The van der Waals surface area contributed by atoms with Gasteiger partial charge in [-0.05, 0) is 49.4 Å². The van der Waals surface area contributed by atoms with E-state index in [1.165, 1.54) is 40.7 Å². The number of anilines is 1.